The molecule has 3 rings (SSSR count). The minimum absolute atomic E-state index is 0.0385. The van der Waals surface area contributed by atoms with Crippen LogP contribution in [0.2, 0.25) is 5.02 Å². The monoisotopic (exact) mass is 487 g/mol. The molecule has 2 amide bonds. The lowest BCUT2D eigenvalue weighted by atomic mass is 10.1. The summed E-state index contributed by atoms with van der Waals surface area (Å²) in [5, 5.41) is 0.340. The van der Waals surface area contributed by atoms with E-state index in [9.17, 15) is 18.0 Å². The maximum atomic E-state index is 12.3. The maximum absolute atomic E-state index is 12.3. The van der Waals surface area contributed by atoms with Gasteiger partial charge < -0.3 is 4.74 Å². The topological polar surface area (TPSA) is 105 Å². The van der Waals surface area contributed by atoms with Gasteiger partial charge in [0.15, 0.2) is 6.61 Å². The van der Waals surface area contributed by atoms with Crippen molar-refractivity contribution in [1.29, 1.82) is 0 Å². The van der Waals surface area contributed by atoms with Gasteiger partial charge in [0.2, 0.25) is 10.0 Å². The summed E-state index contributed by atoms with van der Waals surface area (Å²) in [5.41, 5.74) is 6.42. The number of nitrogens with one attached hydrogen (secondary N) is 2. The lowest BCUT2D eigenvalue weighted by Crippen LogP contribution is -2.43. The molecule has 0 atom stereocenters. The van der Waals surface area contributed by atoms with Crippen LogP contribution < -0.4 is 15.6 Å². The quantitative estimate of drug-likeness (QED) is 0.498. The van der Waals surface area contributed by atoms with Gasteiger partial charge in [-0.05, 0) is 41.5 Å². The Balaban J connectivity index is 1.55. The molecule has 0 fully saturated rings. The highest BCUT2D eigenvalue weighted by atomic mass is 35.5. The summed E-state index contributed by atoms with van der Waals surface area (Å²) < 4.78 is 30.9. The molecule has 0 saturated heterocycles. The fourth-order valence-corrected chi connectivity index (χ4v) is 4.00. The lowest BCUT2D eigenvalue weighted by Gasteiger charge is -2.13. The molecule has 0 aliphatic carbocycles. The minimum atomic E-state index is -3.69. The molecule has 8 nitrogen and oxygen atoms in total. The Bertz CT molecular complexity index is 1260. The van der Waals surface area contributed by atoms with Crippen LogP contribution in [-0.2, 0) is 14.8 Å². The van der Waals surface area contributed by atoms with Crippen molar-refractivity contribution in [3.8, 4) is 16.9 Å². The van der Waals surface area contributed by atoms with Crippen molar-refractivity contribution in [2.45, 2.75) is 4.90 Å². The van der Waals surface area contributed by atoms with Crippen molar-refractivity contribution >= 4 is 33.4 Å². The Morgan fingerprint density at radius 3 is 2.30 bits per heavy atom. The summed E-state index contributed by atoms with van der Waals surface area (Å²) in [6, 6.07) is 20.4. The molecule has 33 heavy (non-hydrogen) atoms. The van der Waals surface area contributed by atoms with Gasteiger partial charge in [-0.25, -0.2) is 12.7 Å². The number of amides is 2. The Morgan fingerprint density at radius 1 is 0.909 bits per heavy atom. The Labute approximate surface area is 197 Å². The number of hydrogen-bond donors (Lipinski definition) is 2. The predicted octanol–water partition coefficient (Wildman–Crippen LogP) is 3.10. The van der Waals surface area contributed by atoms with E-state index in [1.165, 1.54) is 38.4 Å². The maximum Gasteiger partial charge on any atom is 0.276 e. The van der Waals surface area contributed by atoms with Gasteiger partial charge in [0, 0.05) is 19.7 Å². The molecule has 3 aromatic rings. The van der Waals surface area contributed by atoms with Crippen LogP contribution in [0.15, 0.2) is 77.7 Å². The molecule has 0 aromatic heterocycles. The van der Waals surface area contributed by atoms with E-state index < -0.39 is 21.8 Å². The number of ether oxygens (including phenoxy) is 1. The van der Waals surface area contributed by atoms with E-state index in [0.717, 1.165) is 15.4 Å². The van der Waals surface area contributed by atoms with Crippen molar-refractivity contribution in [3.05, 3.63) is 83.4 Å². The van der Waals surface area contributed by atoms with Gasteiger partial charge in [0.25, 0.3) is 11.8 Å². The van der Waals surface area contributed by atoms with E-state index in [2.05, 4.69) is 10.9 Å². The number of hydrogen-bond acceptors (Lipinski definition) is 5. The molecule has 10 heteroatoms. The second-order valence-corrected chi connectivity index (χ2v) is 9.68. The summed E-state index contributed by atoms with van der Waals surface area (Å²) in [6.45, 7) is -0.389. The van der Waals surface area contributed by atoms with Crippen LogP contribution in [0, 0.1) is 0 Å². The van der Waals surface area contributed by atoms with Gasteiger partial charge in [0.1, 0.15) is 5.75 Å². The number of benzene rings is 3. The number of rotatable bonds is 7. The number of halogens is 1. The molecule has 0 unspecified atom stereocenters. The third-order valence-corrected chi connectivity index (χ3v) is 6.69. The lowest BCUT2D eigenvalue weighted by molar-refractivity contribution is -0.123. The Hall–Kier alpha value is -3.40. The summed E-state index contributed by atoms with van der Waals surface area (Å²) in [5.74, 6) is -0.979. The molecule has 172 valence electrons. The van der Waals surface area contributed by atoms with E-state index >= 15 is 0 Å². The zero-order valence-corrected chi connectivity index (χ0v) is 19.5. The molecular formula is C23H22ClN3O5S. The average molecular weight is 488 g/mol. The predicted molar refractivity (Wildman–Crippen MR) is 125 cm³/mol. The second kappa shape index (κ2) is 10.5. The van der Waals surface area contributed by atoms with Gasteiger partial charge in [-0.3, -0.25) is 20.4 Å². The fraction of sp³-hybridized carbons (Fsp3) is 0.130. The van der Waals surface area contributed by atoms with Gasteiger partial charge >= 0.3 is 0 Å². The minimum Gasteiger partial charge on any atom is -0.482 e. The van der Waals surface area contributed by atoms with Crippen LogP contribution in [0.3, 0.4) is 0 Å². The zero-order valence-electron chi connectivity index (χ0n) is 17.9. The number of sulfonamides is 1. The fourth-order valence-electron chi connectivity index (χ4n) is 2.81. The number of carbonyl (C=O) groups is 2. The van der Waals surface area contributed by atoms with Crippen LogP contribution in [0.1, 0.15) is 10.4 Å². The van der Waals surface area contributed by atoms with Crippen molar-refractivity contribution in [3.63, 3.8) is 0 Å². The molecule has 0 radical (unpaired) electrons. The van der Waals surface area contributed by atoms with E-state index in [1.807, 2.05) is 36.4 Å². The van der Waals surface area contributed by atoms with Gasteiger partial charge in [-0.2, -0.15) is 0 Å². The van der Waals surface area contributed by atoms with Crippen LogP contribution >= 0.6 is 11.6 Å². The largest absolute Gasteiger partial charge is 0.482 e. The molecule has 2 N–H and O–H groups in total. The van der Waals surface area contributed by atoms with Crippen molar-refractivity contribution in [1.82, 2.24) is 15.2 Å². The standard InChI is InChI=1S/C23H22ClN3O5S/c1-27(2)33(30,31)19-10-6-9-18(13-19)23(29)26-25-22(28)15-32-21-12-11-17(14-20(21)24)16-7-4-3-5-8-16/h3-14H,15H2,1-2H3,(H,25,28)(H,26,29). The number of nitrogens with zero attached hydrogens (tertiary/aromatic N) is 1. The molecule has 0 bridgehead atoms. The van der Waals surface area contributed by atoms with E-state index in [4.69, 9.17) is 16.3 Å². The Morgan fingerprint density at radius 2 is 1.64 bits per heavy atom. The first kappa shape index (κ1) is 24.2. The molecule has 0 spiro atoms. The summed E-state index contributed by atoms with van der Waals surface area (Å²) >= 11 is 6.27. The first-order valence-electron chi connectivity index (χ1n) is 9.78. The Kier molecular flexibility index (Phi) is 7.70. The molecule has 0 heterocycles. The van der Waals surface area contributed by atoms with Crippen molar-refractivity contribution < 1.29 is 22.7 Å². The van der Waals surface area contributed by atoms with Crippen LogP contribution in [0.5, 0.6) is 5.75 Å². The molecule has 0 aliphatic rings. The highest BCUT2D eigenvalue weighted by molar-refractivity contribution is 7.89. The first-order chi connectivity index (χ1) is 15.7. The molecule has 3 aromatic carbocycles. The normalized spacial score (nSPS) is 11.2. The van der Waals surface area contributed by atoms with Crippen molar-refractivity contribution in [2.24, 2.45) is 0 Å². The van der Waals surface area contributed by atoms with E-state index in [0.29, 0.717) is 10.8 Å². The molecule has 0 aliphatic heterocycles. The summed E-state index contributed by atoms with van der Waals surface area (Å²) in [4.78, 5) is 24.3. The zero-order chi connectivity index (χ0) is 24.0. The second-order valence-electron chi connectivity index (χ2n) is 7.12. The van der Waals surface area contributed by atoms with Crippen LogP contribution in [0.4, 0.5) is 0 Å². The van der Waals surface area contributed by atoms with Crippen LogP contribution in [-0.4, -0.2) is 45.2 Å². The first-order valence-corrected chi connectivity index (χ1v) is 11.6. The SMILES string of the molecule is CN(C)S(=O)(=O)c1cccc(C(=O)NNC(=O)COc2ccc(-c3ccccc3)cc2Cl)c1. The average Bonchev–Trinajstić information content (AvgIpc) is 2.82. The molecular weight excluding hydrogens is 466 g/mol. The van der Waals surface area contributed by atoms with Gasteiger partial charge in [-0.15, -0.1) is 0 Å². The smallest absolute Gasteiger partial charge is 0.276 e. The highest BCUT2D eigenvalue weighted by Gasteiger charge is 2.19. The van der Waals surface area contributed by atoms with Gasteiger partial charge in [0.05, 0.1) is 9.92 Å². The number of carbonyl (C=O) groups excluding carboxylic acids is 2. The van der Waals surface area contributed by atoms with Crippen LogP contribution in [0.25, 0.3) is 11.1 Å². The third-order valence-electron chi connectivity index (χ3n) is 4.59. The molecule has 0 saturated carbocycles. The third kappa shape index (κ3) is 6.10. The highest BCUT2D eigenvalue weighted by Crippen LogP contribution is 2.30. The van der Waals surface area contributed by atoms with E-state index in [-0.39, 0.29) is 17.1 Å². The summed E-state index contributed by atoms with van der Waals surface area (Å²) in [7, 11) is -0.910. The van der Waals surface area contributed by atoms with Gasteiger partial charge in [-0.1, -0.05) is 54.1 Å². The van der Waals surface area contributed by atoms with Crippen molar-refractivity contribution in [2.75, 3.05) is 20.7 Å². The number of hydrazine groups is 1. The van der Waals surface area contributed by atoms with E-state index in [1.54, 1.807) is 12.1 Å². The summed E-state index contributed by atoms with van der Waals surface area (Å²) in [6.07, 6.45) is 0.